The van der Waals surface area contributed by atoms with Crippen LogP contribution in [0.4, 0.5) is 0 Å². The van der Waals surface area contributed by atoms with Crippen molar-refractivity contribution in [3.63, 3.8) is 0 Å². The number of carboxylic acids is 1. The lowest BCUT2D eigenvalue weighted by atomic mass is 10.0. The molecule has 1 N–H and O–H groups in total. The van der Waals surface area contributed by atoms with E-state index in [2.05, 4.69) is 4.98 Å². The zero-order valence-electron chi connectivity index (χ0n) is 10.2. The van der Waals surface area contributed by atoms with E-state index in [0.29, 0.717) is 10.7 Å². The zero-order chi connectivity index (χ0) is 14.0. The van der Waals surface area contributed by atoms with Crippen molar-refractivity contribution in [2.24, 2.45) is 5.92 Å². The second-order valence-corrected chi connectivity index (χ2v) is 4.72. The van der Waals surface area contributed by atoms with Gasteiger partial charge in [0.05, 0.1) is 24.8 Å². The van der Waals surface area contributed by atoms with Crippen LogP contribution >= 0.6 is 11.6 Å². The Morgan fingerprint density at radius 1 is 1.47 bits per heavy atom. The first-order valence-corrected chi connectivity index (χ1v) is 6.07. The number of hydrogen-bond donors (Lipinski definition) is 1. The van der Waals surface area contributed by atoms with E-state index in [-0.39, 0.29) is 19.1 Å². The van der Waals surface area contributed by atoms with Crippen LogP contribution in [-0.4, -0.2) is 53.2 Å². The third-order valence-corrected chi connectivity index (χ3v) is 3.38. The monoisotopic (exact) mass is 284 g/mol. The van der Waals surface area contributed by atoms with Gasteiger partial charge in [-0.2, -0.15) is 0 Å². The second-order valence-electron chi connectivity index (χ2n) is 4.34. The highest BCUT2D eigenvalue weighted by molar-refractivity contribution is 6.29. The van der Waals surface area contributed by atoms with Crippen molar-refractivity contribution in [2.75, 3.05) is 20.3 Å². The summed E-state index contributed by atoms with van der Waals surface area (Å²) in [6, 6.07) is 2.60. The number of ether oxygens (including phenoxy) is 1. The molecule has 0 bridgehead atoms. The van der Waals surface area contributed by atoms with Gasteiger partial charge in [0, 0.05) is 13.2 Å². The Hall–Kier alpha value is -1.66. The Balaban J connectivity index is 2.14. The maximum absolute atomic E-state index is 12.2. The highest BCUT2D eigenvalue weighted by atomic mass is 35.5. The van der Waals surface area contributed by atoms with E-state index in [9.17, 15) is 9.59 Å². The van der Waals surface area contributed by atoms with Gasteiger partial charge in [-0.15, -0.1) is 0 Å². The Morgan fingerprint density at radius 2 is 2.21 bits per heavy atom. The molecule has 2 rings (SSSR count). The number of likely N-dealkylation sites (N-methyl/N-ethyl adjacent to an activating group) is 1. The van der Waals surface area contributed by atoms with Crippen molar-refractivity contribution >= 4 is 23.5 Å². The third kappa shape index (κ3) is 2.85. The van der Waals surface area contributed by atoms with Crippen LogP contribution < -0.4 is 0 Å². The van der Waals surface area contributed by atoms with Gasteiger partial charge in [0.1, 0.15) is 11.1 Å². The fourth-order valence-corrected chi connectivity index (χ4v) is 2.13. The maximum Gasteiger partial charge on any atom is 0.311 e. The molecule has 2 unspecified atom stereocenters. The molecule has 1 saturated heterocycles. The summed E-state index contributed by atoms with van der Waals surface area (Å²) in [7, 11) is 1.56. The minimum absolute atomic E-state index is 0.122. The molecule has 6 nitrogen and oxygen atoms in total. The SMILES string of the molecule is CN(C(=O)c1ccc(Cl)nc1)C1COCC1C(=O)O. The van der Waals surface area contributed by atoms with Crippen molar-refractivity contribution in [1.29, 1.82) is 0 Å². The lowest BCUT2D eigenvalue weighted by Gasteiger charge is -2.26. The molecule has 1 amide bonds. The van der Waals surface area contributed by atoms with Crippen molar-refractivity contribution in [1.82, 2.24) is 9.88 Å². The van der Waals surface area contributed by atoms with Crippen molar-refractivity contribution in [3.8, 4) is 0 Å². The molecule has 2 heterocycles. The first-order valence-electron chi connectivity index (χ1n) is 5.70. The molecule has 1 aliphatic heterocycles. The van der Waals surface area contributed by atoms with Gasteiger partial charge < -0.3 is 14.7 Å². The highest BCUT2D eigenvalue weighted by Gasteiger charge is 2.38. The van der Waals surface area contributed by atoms with Gasteiger partial charge in [0.2, 0.25) is 0 Å². The van der Waals surface area contributed by atoms with Gasteiger partial charge in [-0.1, -0.05) is 11.6 Å². The van der Waals surface area contributed by atoms with Crippen LogP contribution in [0.2, 0.25) is 5.15 Å². The second kappa shape index (κ2) is 5.54. The number of hydrogen-bond acceptors (Lipinski definition) is 4. The molecule has 102 valence electrons. The maximum atomic E-state index is 12.2. The molecule has 0 radical (unpaired) electrons. The first-order chi connectivity index (χ1) is 9.00. The summed E-state index contributed by atoms with van der Waals surface area (Å²) in [4.78, 5) is 28.5. The van der Waals surface area contributed by atoms with E-state index < -0.39 is 17.9 Å². The summed E-state index contributed by atoms with van der Waals surface area (Å²) >= 11 is 5.65. The highest BCUT2D eigenvalue weighted by Crippen LogP contribution is 2.20. The van der Waals surface area contributed by atoms with E-state index in [1.54, 1.807) is 13.1 Å². The lowest BCUT2D eigenvalue weighted by molar-refractivity contribution is -0.142. The quantitative estimate of drug-likeness (QED) is 0.835. The Bertz CT molecular complexity index is 491. The van der Waals surface area contributed by atoms with Crippen molar-refractivity contribution < 1.29 is 19.4 Å². The molecule has 1 aromatic rings. The third-order valence-electron chi connectivity index (χ3n) is 3.16. The standard InChI is InChI=1S/C12H13ClN2O4/c1-15(9-6-19-5-8(9)12(17)18)11(16)7-2-3-10(13)14-4-7/h2-4,8-9H,5-6H2,1H3,(H,17,18). The molecule has 7 heteroatoms. The van der Waals surface area contributed by atoms with E-state index in [1.807, 2.05) is 0 Å². The number of carbonyl (C=O) groups excluding carboxylic acids is 1. The molecule has 0 spiro atoms. The van der Waals surface area contributed by atoms with E-state index in [1.165, 1.54) is 17.2 Å². The van der Waals surface area contributed by atoms with Gasteiger partial charge in [0.25, 0.3) is 5.91 Å². The summed E-state index contributed by atoms with van der Waals surface area (Å²) in [5, 5.41) is 9.37. The largest absolute Gasteiger partial charge is 0.481 e. The van der Waals surface area contributed by atoms with Crippen LogP contribution in [0.5, 0.6) is 0 Å². The molecule has 0 saturated carbocycles. The molecule has 1 aromatic heterocycles. The van der Waals surface area contributed by atoms with Gasteiger partial charge >= 0.3 is 5.97 Å². The molecule has 1 fully saturated rings. The predicted molar refractivity (Wildman–Crippen MR) is 67.1 cm³/mol. The summed E-state index contributed by atoms with van der Waals surface area (Å²) < 4.78 is 5.15. The van der Waals surface area contributed by atoms with Crippen LogP contribution in [0.15, 0.2) is 18.3 Å². The van der Waals surface area contributed by atoms with Gasteiger partial charge in [0.15, 0.2) is 0 Å². The molecular weight excluding hydrogens is 272 g/mol. The minimum Gasteiger partial charge on any atom is -0.481 e. The molecule has 1 aliphatic rings. The topological polar surface area (TPSA) is 79.7 Å². The smallest absolute Gasteiger partial charge is 0.311 e. The number of carbonyl (C=O) groups is 2. The van der Waals surface area contributed by atoms with Gasteiger partial charge in [-0.3, -0.25) is 9.59 Å². The van der Waals surface area contributed by atoms with Crippen LogP contribution in [0.1, 0.15) is 10.4 Å². The molecule has 0 aromatic carbocycles. The summed E-state index contributed by atoms with van der Waals surface area (Å²) in [5.41, 5.74) is 0.364. The number of pyridine rings is 1. The number of amides is 1. The van der Waals surface area contributed by atoms with Gasteiger partial charge in [-0.25, -0.2) is 4.98 Å². The molecular formula is C12H13ClN2O4. The van der Waals surface area contributed by atoms with E-state index in [4.69, 9.17) is 21.4 Å². The first kappa shape index (κ1) is 13.8. The number of aliphatic carboxylic acids is 1. The zero-order valence-corrected chi connectivity index (χ0v) is 11.0. The predicted octanol–water partition coefficient (Wildman–Crippen LogP) is 0.907. The number of halogens is 1. The summed E-state index contributed by atoms with van der Waals surface area (Å²) in [6.07, 6.45) is 1.37. The average Bonchev–Trinajstić information content (AvgIpc) is 2.87. The minimum atomic E-state index is -0.962. The summed E-state index contributed by atoms with van der Waals surface area (Å²) in [6.45, 7) is 0.344. The number of aromatic nitrogens is 1. The van der Waals surface area contributed by atoms with Crippen LogP contribution in [0.25, 0.3) is 0 Å². The van der Waals surface area contributed by atoms with Crippen molar-refractivity contribution in [2.45, 2.75) is 6.04 Å². The Kier molecular flexibility index (Phi) is 4.01. The summed E-state index contributed by atoms with van der Waals surface area (Å²) in [5.74, 6) is -1.96. The number of rotatable bonds is 3. The Morgan fingerprint density at radius 3 is 2.79 bits per heavy atom. The van der Waals surface area contributed by atoms with Crippen LogP contribution in [-0.2, 0) is 9.53 Å². The molecule has 2 atom stereocenters. The van der Waals surface area contributed by atoms with Crippen molar-refractivity contribution in [3.05, 3.63) is 29.0 Å². The molecule has 0 aliphatic carbocycles. The molecule has 19 heavy (non-hydrogen) atoms. The lowest BCUT2D eigenvalue weighted by Crippen LogP contribution is -2.44. The fourth-order valence-electron chi connectivity index (χ4n) is 2.02. The number of nitrogens with zero attached hydrogens (tertiary/aromatic N) is 2. The normalized spacial score (nSPS) is 22.2. The Labute approximate surface area is 114 Å². The van der Waals surface area contributed by atoms with Crippen LogP contribution in [0, 0.1) is 5.92 Å². The van der Waals surface area contributed by atoms with E-state index in [0.717, 1.165) is 0 Å². The van der Waals surface area contributed by atoms with Gasteiger partial charge in [-0.05, 0) is 12.1 Å². The van der Waals surface area contributed by atoms with Crippen LogP contribution in [0.3, 0.4) is 0 Å². The number of carboxylic acid groups (broad SMARTS) is 1. The fraction of sp³-hybridized carbons (Fsp3) is 0.417. The van der Waals surface area contributed by atoms with E-state index >= 15 is 0 Å². The average molecular weight is 285 g/mol.